The van der Waals surface area contributed by atoms with Crippen LogP contribution in [0.3, 0.4) is 0 Å². The third-order valence-electron chi connectivity index (χ3n) is 2.49. The molecule has 0 bridgehead atoms. The number of alkyl halides is 3. The van der Waals surface area contributed by atoms with Crippen molar-refractivity contribution in [2.75, 3.05) is 5.32 Å². The highest BCUT2D eigenvalue weighted by Crippen LogP contribution is 2.33. The second-order valence-corrected chi connectivity index (χ2v) is 4.97. The number of nitrogens with one attached hydrogen (secondary N) is 2. The number of benzene rings is 1. The fraction of sp³-hybridized carbons (Fsp3) is 0.167. The number of carbonyl (C=O) groups is 1. The molecule has 0 spiro atoms. The van der Waals surface area contributed by atoms with Gasteiger partial charge in [-0.15, -0.1) is 13.2 Å². The first kappa shape index (κ1) is 15.4. The minimum atomic E-state index is -4.86. The highest BCUT2D eigenvalue weighted by Gasteiger charge is 2.32. The second-order valence-electron chi connectivity index (χ2n) is 4.05. The van der Waals surface area contributed by atoms with E-state index in [9.17, 15) is 18.0 Å². The summed E-state index contributed by atoms with van der Waals surface area (Å²) in [5.41, 5.74) is 0.639. The summed E-state index contributed by atoms with van der Waals surface area (Å²) in [4.78, 5) is 12.0. The van der Waals surface area contributed by atoms with E-state index in [1.807, 2.05) is 0 Å². The molecule has 0 saturated carbocycles. The van der Waals surface area contributed by atoms with Gasteiger partial charge in [0.15, 0.2) is 5.75 Å². The summed E-state index contributed by atoms with van der Waals surface area (Å²) in [6.07, 6.45) is -3.57. The molecule has 112 valence electrons. The van der Waals surface area contributed by atoms with Gasteiger partial charge in [0.1, 0.15) is 0 Å². The molecule has 0 atom stereocenters. The van der Waals surface area contributed by atoms with Crippen molar-refractivity contribution in [1.29, 1.82) is 0 Å². The van der Waals surface area contributed by atoms with Gasteiger partial charge in [0, 0.05) is 10.2 Å². The molecule has 0 saturated heterocycles. The van der Waals surface area contributed by atoms with Gasteiger partial charge in [-0.1, -0.05) is 15.9 Å². The molecule has 0 radical (unpaired) electrons. The average molecular weight is 364 g/mol. The number of halogens is 4. The van der Waals surface area contributed by atoms with E-state index in [1.165, 1.54) is 18.3 Å². The molecule has 1 aromatic carbocycles. The van der Waals surface area contributed by atoms with E-state index in [0.29, 0.717) is 10.2 Å². The third kappa shape index (κ3) is 3.97. The molecule has 0 aliphatic rings. The van der Waals surface area contributed by atoms with E-state index in [-0.39, 0.29) is 11.3 Å². The lowest BCUT2D eigenvalue weighted by Gasteiger charge is -2.14. The van der Waals surface area contributed by atoms with E-state index in [0.717, 1.165) is 6.07 Å². The maximum absolute atomic E-state index is 12.4. The molecule has 1 amide bonds. The van der Waals surface area contributed by atoms with Gasteiger partial charge >= 0.3 is 6.36 Å². The summed E-state index contributed by atoms with van der Waals surface area (Å²) >= 11 is 3.05. The first-order valence-corrected chi connectivity index (χ1v) is 6.42. The highest BCUT2D eigenvalue weighted by atomic mass is 79.9. The van der Waals surface area contributed by atoms with Crippen LogP contribution in [0.1, 0.15) is 16.1 Å². The smallest absolute Gasteiger partial charge is 0.404 e. The van der Waals surface area contributed by atoms with Crippen molar-refractivity contribution in [3.8, 4) is 5.75 Å². The molecule has 1 heterocycles. The summed E-state index contributed by atoms with van der Waals surface area (Å²) in [6.45, 7) is 1.62. The average Bonchev–Trinajstić information content (AvgIpc) is 2.77. The Morgan fingerprint density at radius 1 is 1.43 bits per heavy atom. The lowest BCUT2D eigenvalue weighted by Crippen LogP contribution is -2.19. The van der Waals surface area contributed by atoms with Gasteiger partial charge in [0.25, 0.3) is 5.91 Å². The van der Waals surface area contributed by atoms with Gasteiger partial charge in [0.2, 0.25) is 0 Å². The van der Waals surface area contributed by atoms with Crippen LogP contribution in [0.2, 0.25) is 0 Å². The van der Waals surface area contributed by atoms with Crippen LogP contribution in [-0.4, -0.2) is 22.5 Å². The van der Waals surface area contributed by atoms with Crippen LogP contribution >= 0.6 is 15.9 Å². The molecule has 9 heteroatoms. The first-order valence-electron chi connectivity index (χ1n) is 5.63. The fourth-order valence-electron chi connectivity index (χ4n) is 1.58. The lowest BCUT2D eigenvalue weighted by atomic mass is 10.2. The fourth-order valence-corrected chi connectivity index (χ4v) is 1.92. The van der Waals surface area contributed by atoms with E-state index in [4.69, 9.17) is 0 Å². The molecular formula is C12H9BrF3N3O2. The van der Waals surface area contributed by atoms with Gasteiger partial charge in [-0.2, -0.15) is 5.10 Å². The van der Waals surface area contributed by atoms with Gasteiger partial charge in [-0.25, -0.2) is 0 Å². The van der Waals surface area contributed by atoms with Crippen LogP contribution in [0.15, 0.2) is 28.9 Å². The topological polar surface area (TPSA) is 67.0 Å². The number of carbonyl (C=O) groups excluding carboxylic acids is 1. The molecule has 21 heavy (non-hydrogen) atoms. The third-order valence-corrected chi connectivity index (χ3v) is 2.99. The van der Waals surface area contributed by atoms with Gasteiger partial charge in [-0.3, -0.25) is 9.89 Å². The van der Waals surface area contributed by atoms with Crippen LogP contribution in [0, 0.1) is 6.92 Å². The van der Waals surface area contributed by atoms with Crippen molar-refractivity contribution < 1.29 is 22.7 Å². The van der Waals surface area contributed by atoms with E-state index in [2.05, 4.69) is 36.2 Å². The Bertz CT molecular complexity index is 670. The molecule has 0 unspecified atom stereocenters. The Hall–Kier alpha value is -2.03. The number of hydrogen-bond donors (Lipinski definition) is 2. The van der Waals surface area contributed by atoms with Gasteiger partial charge < -0.3 is 10.1 Å². The van der Waals surface area contributed by atoms with Crippen molar-refractivity contribution in [1.82, 2.24) is 10.2 Å². The zero-order valence-electron chi connectivity index (χ0n) is 10.6. The molecule has 0 aliphatic heterocycles. The number of hydrogen-bond acceptors (Lipinski definition) is 3. The number of anilines is 1. The molecule has 2 rings (SSSR count). The van der Waals surface area contributed by atoms with Crippen LogP contribution in [0.4, 0.5) is 18.9 Å². The largest absolute Gasteiger partial charge is 0.573 e. The Kier molecular flexibility index (Phi) is 4.21. The molecular weight excluding hydrogens is 355 g/mol. The summed E-state index contributed by atoms with van der Waals surface area (Å²) in [6, 6.07) is 3.91. The quantitative estimate of drug-likeness (QED) is 0.874. The molecule has 2 N–H and O–H groups in total. The minimum Gasteiger partial charge on any atom is -0.404 e. The number of aromatic amines is 1. The predicted octanol–water partition coefficient (Wildman–Crippen LogP) is 3.63. The summed E-state index contributed by atoms with van der Waals surface area (Å²) in [7, 11) is 0. The zero-order chi connectivity index (χ0) is 15.6. The van der Waals surface area contributed by atoms with Crippen molar-refractivity contribution in [2.24, 2.45) is 0 Å². The monoisotopic (exact) mass is 363 g/mol. The number of aromatic nitrogens is 2. The van der Waals surface area contributed by atoms with Crippen LogP contribution in [0.5, 0.6) is 5.75 Å². The van der Waals surface area contributed by atoms with Crippen LogP contribution < -0.4 is 10.1 Å². The van der Waals surface area contributed by atoms with E-state index in [1.54, 1.807) is 6.92 Å². The second kappa shape index (κ2) is 5.76. The van der Waals surface area contributed by atoms with Crippen molar-refractivity contribution >= 4 is 27.5 Å². The normalized spacial score (nSPS) is 11.3. The Balaban J connectivity index is 2.27. The Morgan fingerprint density at radius 2 is 2.14 bits per heavy atom. The standard InChI is InChI=1S/C12H9BrF3N3O2/c1-6-8(5-17-19-6)11(20)18-9-3-2-7(13)4-10(9)21-12(14,15)16/h2-5H,1H3,(H,17,19)(H,18,20). The number of rotatable bonds is 3. The highest BCUT2D eigenvalue weighted by molar-refractivity contribution is 9.10. The minimum absolute atomic E-state index is 0.0962. The van der Waals surface area contributed by atoms with Crippen molar-refractivity contribution in [3.63, 3.8) is 0 Å². The molecule has 0 aliphatic carbocycles. The summed E-state index contributed by atoms with van der Waals surface area (Å²) in [5, 5.41) is 8.60. The summed E-state index contributed by atoms with van der Waals surface area (Å²) < 4.78 is 41.4. The number of H-pyrrole nitrogens is 1. The molecule has 2 aromatic rings. The molecule has 0 fully saturated rings. The van der Waals surface area contributed by atoms with Crippen LogP contribution in [0.25, 0.3) is 0 Å². The Morgan fingerprint density at radius 3 is 2.71 bits per heavy atom. The predicted molar refractivity (Wildman–Crippen MR) is 72.1 cm³/mol. The number of amides is 1. The number of ether oxygens (including phenoxy) is 1. The molecule has 5 nitrogen and oxygen atoms in total. The van der Waals surface area contributed by atoms with Crippen molar-refractivity contribution in [3.05, 3.63) is 40.1 Å². The van der Waals surface area contributed by atoms with Gasteiger partial charge in [-0.05, 0) is 25.1 Å². The van der Waals surface area contributed by atoms with Gasteiger partial charge in [0.05, 0.1) is 17.4 Å². The molecule has 1 aromatic heterocycles. The lowest BCUT2D eigenvalue weighted by molar-refractivity contribution is -0.274. The number of nitrogens with zero attached hydrogens (tertiary/aromatic N) is 1. The van der Waals surface area contributed by atoms with E-state index < -0.39 is 18.0 Å². The van der Waals surface area contributed by atoms with E-state index >= 15 is 0 Å². The Labute approximate surface area is 125 Å². The zero-order valence-corrected chi connectivity index (χ0v) is 12.2. The SMILES string of the molecule is Cc1[nH]ncc1C(=O)Nc1ccc(Br)cc1OC(F)(F)F. The maximum Gasteiger partial charge on any atom is 0.573 e. The summed E-state index contributed by atoms with van der Waals surface area (Å²) in [5.74, 6) is -1.10. The number of aryl methyl sites for hydroxylation is 1. The first-order chi connectivity index (χ1) is 9.76. The van der Waals surface area contributed by atoms with Crippen LogP contribution in [-0.2, 0) is 0 Å². The van der Waals surface area contributed by atoms with Crippen molar-refractivity contribution in [2.45, 2.75) is 13.3 Å². The maximum atomic E-state index is 12.4.